The second-order valence-corrected chi connectivity index (χ2v) is 9.55. The minimum atomic E-state index is -2.19. The summed E-state index contributed by atoms with van der Waals surface area (Å²) in [4.78, 5) is 55.8. The fourth-order valence-electron chi connectivity index (χ4n) is 5.43. The maximum Gasteiger partial charge on any atom is 0.280 e. The Morgan fingerprint density at radius 1 is 1.17 bits per heavy atom. The molecule has 2 N–H and O–H groups in total. The number of pyridine rings is 1. The maximum absolute atomic E-state index is 13.3. The van der Waals surface area contributed by atoms with Gasteiger partial charge in [-0.25, -0.2) is 4.98 Å². The van der Waals surface area contributed by atoms with Crippen LogP contribution in [0.25, 0.3) is 10.8 Å². The van der Waals surface area contributed by atoms with Crippen molar-refractivity contribution in [1.29, 1.82) is 0 Å². The van der Waals surface area contributed by atoms with Gasteiger partial charge in [-0.3, -0.25) is 34.1 Å². The Morgan fingerprint density at radius 3 is 2.72 bits per heavy atom. The third-order valence-electron chi connectivity index (χ3n) is 7.38. The van der Waals surface area contributed by atoms with E-state index in [1.165, 1.54) is 0 Å². The second kappa shape index (κ2) is 8.23. The summed E-state index contributed by atoms with van der Waals surface area (Å²) in [6, 6.07) is 5.55. The van der Waals surface area contributed by atoms with Crippen molar-refractivity contribution in [3.63, 3.8) is 0 Å². The number of hydrogen-bond donors (Lipinski definition) is 2. The normalized spacial score (nSPS) is 22.4. The van der Waals surface area contributed by atoms with Crippen molar-refractivity contribution in [2.45, 2.75) is 43.9 Å². The van der Waals surface area contributed by atoms with Gasteiger partial charge in [0.1, 0.15) is 5.82 Å². The van der Waals surface area contributed by atoms with Gasteiger partial charge in [-0.05, 0) is 35.4 Å². The van der Waals surface area contributed by atoms with Gasteiger partial charge in [0.2, 0.25) is 18.0 Å². The Hall–Kier alpha value is -4.12. The zero-order chi connectivity index (χ0) is 25.0. The van der Waals surface area contributed by atoms with Crippen LogP contribution in [0.1, 0.15) is 53.2 Å². The van der Waals surface area contributed by atoms with E-state index in [4.69, 9.17) is 0 Å². The lowest BCUT2D eigenvalue weighted by atomic mass is 9.99. The lowest BCUT2D eigenvalue weighted by Gasteiger charge is -2.37. The fraction of sp³-hybridized carbons (Fsp3) is 0.360. The first-order valence-corrected chi connectivity index (χ1v) is 11.9. The third-order valence-corrected chi connectivity index (χ3v) is 7.38. The van der Waals surface area contributed by atoms with Gasteiger partial charge in [0.25, 0.3) is 11.8 Å². The van der Waals surface area contributed by atoms with Crippen LogP contribution in [-0.4, -0.2) is 67.7 Å². The average molecular weight is 489 g/mol. The molecule has 5 heterocycles. The van der Waals surface area contributed by atoms with Crippen LogP contribution in [0.3, 0.4) is 0 Å². The number of carbonyl (C=O) groups excluding carboxylic acids is 4. The Balaban J connectivity index is 1.31. The Kier molecular flexibility index (Phi) is 5.11. The molecule has 3 aliphatic rings. The molecule has 36 heavy (non-hydrogen) atoms. The van der Waals surface area contributed by atoms with Gasteiger partial charge in [-0.15, -0.1) is 0 Å². The number of likely N-dealkylation sites (tertiary alicyclic amines) is 1. The molecule has 0 aliphatic carbocycles. The van der Waals surface area contributed by atoms with E-state index in [1.807, 2.05) is 23.1 Å². The molecule has 4 amide bonds. The predicted molar refractivity (Wildman–Crippen MR) is 127 cm³/mol. The topological polar surface area (TPSA) is 138 Å². The largest absolute Gasteiger partial charge is 0.363 e. The lowest BCUT2D eigenvalue weighted by molar-refractivity contribution is -0.149. The quantitative estimate of drug-likeness (QED) is 0.402. The van der Waals surface area contributed by atoms with Crippen LogP contribution in [-0.2, 0) is 20.8 Å². The van der Waals surface area contributed by atoms with Crippen LogP contribution in [0.15, 0.2) is 36.8 Å². The third kappa shape index (κ3) is 3.38. The second-order valence-electron chi connectivity index (χ2n) is 9.55. The van der Waals surface area contributed by atoms with Gasteiger partial charge in [-0.1, -0.05) is 12.1 Å². The van der Waals surface area contributed by atoms with Gasteiger partial charge in [-0.2, -0.15) is 5.10 Å². The summed E-state index contributed by atoms with van der Waals surface area (Å²) in [5.74, 6) is -1.73. The standard InChI is InChI=1S/C25H24N6O5/c32-14-29-8-5-17(6-9-29)30-13-15(11-27-30)10-16-12-26-22-21-18(16)2-1-3-19(21)23(34)31(22)25(36)7-4-20(33)28-24(25)35/h1-3,11-14,17,36H,4-10H2,(H,28,33,35). The highest BCUT2D eigenvalue weighted by Gasteiger charge is 2.52. The maximum atomic E-state index is 13.3. The van der Waals surface area contributed by atoms with Gasteiger partial charge >= 0.3 is 0 Å². The van der Waals surface area contributed by atoms with Crippen molar-refractivity contribution >= 4 is 40.7 Å². The zero-order valence-corrected chi connectivity index (χ0v) is 19.4. The SMILES string of the molecule is O=CN1CCC(n2cc(Cc3cnc4c5c(cccc35)C(=O)N4C3(O)CCC(=O)NC3=O)cn2)CC1. The highest BCUT2D eigenvalue weighted by molar-refractivity contribution is 6.27. The van der Waals surface area contributed by atoms with Gasteiger partial charge in [0, 0.05) is 50.1 Å². The number of amides is 4. The smallest absolute Gasteiger partial charge is 0.280 e. The zero-order valence-electron chi connectivity index (χ0n) is 19.4. The van der Waals surface area contributed by atoms with Crippen molar-refractivity contribution in [3.8, 4) is 0 Å². The molecule has 6 rings (SSSR count). The summed E-state index contributed by atoms with van der Waals surface area (Å²) >= 11 is 0. The number of benzene rings is 1. The van der Waals surface area contributed by atoms with Crippen LogP contribution in [0.2, 0.25) is 0 Å². The Labute approximate surface area is 205 Å². The van der Waals surface area contributed by atoms with E-state index in [2.05, 4.69) is 15.4 Å². The van der Waals surface area contributed by atoms with Crippen molar-refractivity contribution in [2.24, 2.45) is 0 Å². The molecule has 11 nitrogen and oxygen atoms in total. The summed E-state index contributed by atoms with van der Waals surface area (Å²) in [5.41, 5.74) is 0.0372. The van der Waals surface area contributed by atoms with E-state index in [1.54, 1.807) is 23.2 Å². The number of aliphatic hydroxyl groups is 1. The summed E-state index contributed by atoms with van der Waals surface area (Å²) in [7, 11) is 0. The summed E-state index contributed by atoms with van der Waals surface area (Å²) in [6.07, 6.45) is 8.32. The summed E-state index contributed by atoms with van der Waals surface area (Å²) in [5, 5.41) is 19.2. The van der Waals surface area contributed by atoms with Crippen LogP contribution < -0.4 is 10.2 Å². The van der Waals surface area contributed by atoms with Gasteiger partial charge in [0.15, 0.2) is 0 Å². The number of anilines is 1. The molecule has 2 fully saturated rings. The summed E-state index contributed by atoms with van der Waals surface area (Å²) < 4.78 is 1.95. The molecule has 0 radical (unpaired) electrons. The highest BCUT2D eigenvalue weighted by Crippen LogP contribution is 2.42. The van der Waals surface area contributed by atoms with Gasteiger partial charge < -0.3 is 10.0 Å². The average Bonchev–Trinajstić information content (AvgIpc) is 3.47. The Morgan fingerprint density at radius 2 is 1.97 bits per heavy atom. The first-order chi connectivity index (χ1) is 17.4. The van der Waals surface area contributed by atoms with Crippen molar-refractivity contribution in [1.82, 2.24) is 25.0 Å². The fourth-order valence-corrected chi connectivity index (χ4v) is 5.43. The van der Waals surface area contributed by atoms with E-state index in [0.29, 0.717) is 30.5 Å². The number of carbonyl (C=O) groups is 4. The minimum absolute atomic E-state index is 0.0816. The minimum Gasteiger partial charge on any atom is -0.363 e. The monoisotopic (exact) mass is 488 g/mol. The predicted octanol–water partition coefficient (Wildman–Crippen LogP) is 0.901. The van der Waals surface area contributed by atoms with Crippen LogP contribution in [0.5, 0.6) is 0 Å². The molecule has 1 aromatic carbocycles. The molecule has 1 unspecified atom stereocenters. The lowest BCUT2D eigenvalue weighted by Crippen LogP contribution is -2.64. The first-order valence-electron chi connectivity index (χ1n) is 11.9. The van der Waals surface area contributed by atoms with Crippen molar-refractivity contribution < 1.29 is 24.3 Å². The number of nitrogens with zero attached hydrogens (tertiary/aromatic N) is 5. The molecule has 0 saturated carbocycles. The number of rotatable bonds is 5. The number of aromatic nitrogens is 3. The first kappa shape index (κ1) is 22.4. The molecule has 2 saturated heterocycles. The molecule has 184 valence electrons. The molecular formula is C25H24N6O5. The molecule has 0 spiro atoms. The van der Waals surface area contributed by atoms with E-state index in [-0.39, 0.29) is 24.7 Å². The number of piperidine rings is 2. The molecule has 11 heteroatoms. The number of nitrogens with one attached hydrogen (secondary N) is 1. The van der Waals surface area contributed by atoms with E-state index >= 15 is 0 Å². The molecule has 2 aromatic heterocycles. The highest BCUT2D eigenvalue weighted by atomic mass is 16.3. The van der Waals surface area contributed by atoms with E-state index in [9.17, 15) is 24.3 Å². The van der Waals surface area contributed by atoms with E-state index in [0.717, 1.165) is 40.7 Å². The van der Waals surface area contributed by atoms with Crippen LogP contribution in [0.4, 0.5) is 5.82 Å². The number of imide groups is 1. The van der Waals surface area contributed by atoms with Crippen LogP contribution >= 0.6 is 0 Å². The molecule has 0 bridgehead atoms. The van der Waals surface area contributed by atoms with Crippen LogP contribution in [0, 0.1) is 0 Å². The van der Waals surface area contributed by atoms with Crippen molar-refractivity contribution in [3.05, 3.63) is 53.5 Å². The molecule has 1 atom stereocenters. The van der Waals surface area contributed by atoms with E-state index < -0.39 is 23.4 Å². The molecular weight excluding hydrogens is 464 g/mol. The van der Waals surface area contributed by atoms with Crippen molar-refractivity contribution in [2.75, 3.05) is 18.0 Å². The number of hydrogen-bond acceptors (Lipinski definition) is 7. The van der Waals surface area contributed by atoms with Gasteiger partial charge in [0.05, 0.1) is 17.8 Å². The Bertz CT molecular complexity index is 1430. The molecule has 3 aliphatic heterocycles. The summed E-state index contributed by atoms with van der Waals surface area (Å²) in [6.45, 7) is 1.43. The molecule has 3 aromatic rings.